The van der Waals surface area contributed by atoms with Gasteiger partial charge in [0.2, 0.25) is 0 Å². The molecule has 0 spiro atoms. The van der Waals surface area contributed by atoms with Gasteiger partial charge in [0.05, 0.1) is 17.2 Å². The molecular formula is C26H31ClF3N3O4S. The first-order valence-electron chi connectivity index (χ1n) is 12.6. The molecule has 1 aliphatic heterocycles. The van der Waals surface area contributed by atoms with E-state index in [1.165, 1.54) is 0 Å². The van der Waals surface area contributed by atoms with Gasteiger partial charge in [-0.15, -0.1) is 0 Å². The molecule has 2 aromatic rings. The number of hydrogen-bond acceptors (Lipinski definition) is 6. The number of sulfonamides is 1. The minimum atomic E-state index is -5.02. The number of piperidine rings is 1. The van der Waals surface area contributed by atoms with Crippen molar-refractivity contribution in [1.82, 2.24) is 9.62 Å². The Morgan fingerprint density at radius 3 is 2.34 bits per heavy atom. The molecule has 1 amide bonds. The van der Waals surface area contributed by atoms with Crippen molar-refractivity contribution >= 4 is 33.2 Å². The zero-order valence-electron chi connectivity index (χ0n) is 21.3. The van der Waals surface area contributed by atoms with E-state index in [0.29, 0.717) is 25.6 Å². The van der Waals surface area contributed by atoms with E-state index in [-0.39, 0.29) is 22.5 Å². The van der Waals surface area contributed by atoms with E-state index in [0.717, 1.165) is 62.8 Å². The number of rotatable bonds is 8. The van der Waals surface area contributed by atoms with Gasteiger partial charge in [-0.1, -0.05) is 24.4 Å². The Morgan fingerprint density at radius 1 is 1.05 bits per heavy atom. The number of benzene rings is 2. The fourth-order valence-corrected chi connectivity index (χ4v) is 6.33. The number of anilines is 1. The van der Waals surface area contributed by atoms with Crippen LogP contribution in [0.25, 0.3) is 0 Å². The predicted octanol–water partition coefficient (Wildman–Crippen LogP) is 4.98. The minimum absolute atomic E-state index is 0.0253. The van der Waals surface area contributed by atoms with E-state index < -0.39 is 43.8 Å². The molecule has 1 atom stereocenters. The number of nitrogens with one attached hydrogen (secondary N) is 1. The van der Waals surface area contributed by atoms with Crippen LogP contribution in [0.4, 0.5) is 18.9 Å². The van der Waals surface area contributed by atoms with E-state index in [1.54, 1.807) is 9.62 Å². The van der Waals surface area contributed by atoms with E-state index in [1.807, 2.05) is 19.0 Å². The Balaban J connectivity index is 1.50. The van der Waals surface area contributed by atoms with Crippen LogP contribution in [0.1, 0.15) is 48.9 Å². The molecule has 1 unspecified atom stereocenters. The van der Waals surface area contributed by atoms with Crippen molar-refractivity contribution in [2.45, 2.75) is 49.5 Å². The molecule has 0 bridgehead atoms. The normalized spacial score (nSPS) is 18.7. The summed E-state index contributed by atoms with van der Waals surface area (Å²) in [5.74, 6) is -4.86. The molecule has 0 aromatic heterocycles. The molecule has 2 aliphatic rings. The minimum Gasteiger partial charge on any atom is -0.492 e. The zero-order valence-corrected chi connectivity index (χ0v) is 22.8. The highest BCUT2D eigenvalue weighted by Crippen LogP contribution is 2.32. The summed E-state index contributed by atoms with van der Waals surface area (Å²) in [7, 11) is -1.18. The Labute approximate surface area is 225 Å². The molecule has 4 rings (SSSR count). The monoisotopic (exact) mass is 573 g/mol. The summed E-state index contributed by atoms with van der Waals surface area (Å²) in [5.41, 5.74) is -0.505. The molecule has 7 nitrogen and oxygen atoms in total. The Hall–Kier alpha value is -2.50. The highest BCUT2D eigenvalue weighted by atomic mass is 35.5. The lowest BCUT2D eigenvalue weighted by Crippen LogP contribution is -2.45. The number of amides is 1. The number of carbonyl (C=O) groups excluding carboxylic acids is 1. The molecule has 1 N–H and O–H groups in total. The van der Waals surface area contributed by atoms with E-state index in [4.69, 9.17) is 16.3 Å². The summed E-state index contributed by atoms with van der Waals surface area (Å²) in [6, 6.07) is 3.86. The van der Waals surface area contributed by atoms with Crippen molar-refractivity contribution in [3.8, 4) is 5.75 Å². The quantitative estimate of drug-likeness (QED) is 0.480. The van der Waals surface area contributed by atoms with Crippen LogP contribution in [0.5, 0.6) is 5.75 Å². The Kier molecular flexibility index (Phi) is 8.78. The molecule has 0 radical (unpaired) electrons. The van der Waals surface area contributed by atoms with Gasteiger partial charge >= 0.3 is 0 Å². The topological polar surface area (TPSA) is 79.0 Å². The molecule has 12 heteroatoms. The predicted molar refractivity (Wildman–Crippen MR) is 139 cm³/mol. The van der Waals surface area contributed by atoms with Gasteiger partial charge in [-0.25, -0.2) is 26.3 Å². The maximum atomic E-state index is 15.0. The lowest BCUT2D eigenvalue weighted by molar-refractivity contribution is 0.0977. The lowest BCUT2D eigenvalue weighted by atomic mass is 10.0. The van der Waals surface area contributed by atoms with Crippen molar-refractivity contribution in [3.05, 3.63) is 52.3 Å². The van der Waals surface area contributed by atoms with Gasteiger partial charge in [-0.2, -0.15) is 0 Å². The number of likely N-dealkylation sites (N-methyl/N-ethyl adjacent to an activating group) is 1. The van der Waals surface area contributed by atoms with Crippen molar-refractivity contribution < 1.29 is 31.1 Å². The number of nitrogens with zero attached hydrogens (tertiary/aromatic N) is 2. The fourth-order valence-electron chi connectivity index (χ4n) is 5.02. The SMILES string of the molecule is CN(C)C1CCCN(c2cc(F)c(S(=O)(=O)NC(=O)c3cc(Cl)c(OCC4CCCC4)cc3F)c(F)c2)C1. The van der Waals surface area contributed by atoms with Crippen LogP contribution in [0.15, 0.2) is 29.2 Å². The zero-order chi connectivity index (χ0) is 27.6. The average Bonchev–Trinajstić information content (AvgIpc) is 3.37. The largest absolute Gasteiger partial charge is 0.492 e. The number of carbonyl (C=O) groups is 1. The second kappa shape index (κ2) is 11.7. The third kappa shape index (κ3) is 6.38. The number of ether oxygens (including phenoxy) is 1. The average molecular weight is 574 g/mol. The number of hydrogen-bond donors (Lipinski definition) is 1. The number of halogens is 4. The summed E-state index contributed by atoms with van der Waals surface area (Å²) in [6.45, 7) is 1.43. The third-order valence-electron chi connectivity index (χ3n) is 7.19. The third-order valence-corrected chi connectivity index (χ3v) is 8.86. The van der Waals surface area contributed by atoms with Crippen LogP contribution in [0.3, 0.4) is 0 Å². The van der Waals surface area contributed by atoms with E-state index in [9.17, 15) is 26.4 Å². The van der Waals surface area contributed by atoms with Crippen molar-refractivity contribution in [2.24, 2.45) is 5.92 Å². The maximum Gasteiger partial charge on any atom is 0.270 e. The standard InChI is InChI=1S/C26H31ClF3N3O4S/c1-32(2)17-8-5-9-33(14-17)18-10-22(29)25(23(30)11-18)38(35,36)31-26(34)19-12-20(27)24(13-21(19)28)37-15-16-6-3-4-7-16/h10-13,16-17H,3-9,14-15H2,1-2H3,(H,31,34). The molecule has 208 valence electrons. The highest BCUT2D eigenvalue weighted by Gasteiger charge is 2.30. The van der Waals surface area contributed by atoms with Gasteiger partial charge in [-0.05, 0) is 63.9 Å². The summed E-state index contributed by atoms with van der Waals surface area (Å²) < 4.78 is 77.3. The highest BCUT2D eigenvalue weighted by molar-refractivity contribution is 7.90. The first kappa shape index (κ1) is 28.5. The smallest absolute Gasteiger partial charge is 0.270 e. The maximum absolute atomic E-state index is 15.0. The molecular weight excluding hydrogens is 543 g/mol. The van der Waals surface area contributed by atoms with Crippen molar-refractivity contribution in [1.29, 1.82) is 0 Å². The van der Waals surface area contributed by atoms with Crippen LogP contribution in [0.2, 0.25) is 5.02 Å². The molecule has 2 aromatic carbocycles. The molecule has 1 saturated heterocycles. The van der Waals surface area contributed by atoms with E-state index in [2.05, 4.69) is 0 Å². The Morgan fingerprint density at radius 2 is 1.71 bits per heavy atom. The van der Waals surface area contributed by atoms with Crippen LogP contribution < -0.4 is 14.4 Å². The van der Waals surface area contributed by atoms with Gasteiger partial charge < -0.3 is 14.5 Å². The molecule has 2 fully saturated rings. The molecule has 1 aliphatic carbocycles. The molecule has 1 heterocycles. The van der Waals surface area contributed by atoms with Gasteiger partial charge in [0.1, 0.15) is 23.2 Å². The summed E-state index contributed by atoms with van der Waals surface area (Å²) >= 11 is 6.14. The van der Waals surface area contributed by atoms with E-state index >= 15 is 0 Å². The van der Waals surface area contributed by atoms with Crippen molar-refractivity contribution in [2.75, 3.05) is 38.7 Å². The van der Waals surface area contributed by atoms with Gasteiger partial charge in [-0.3, -0.25) is 4.79 Å². The fraction of sp³-hybridized carbons (Fsp3) is 0.500. The summed E-state index contributed by atoms with van der Waals surface area (Å²) in [6.07, 6.45) is 5.94. The Bertz CT molecular complexity index is 1280. The summed E-state index contributed by atoms with van der Waals surface area (Å²) in [4.78, 5) is 15.1. The van der Waals surface area contributed by atoms with Crippen molar-refractivity contribution in [3.63, 3.8) is 0 Å². The van der Waals surface area contributed by atoms with Crippen LogP contribution in [-0.2, 0) is 10.0 Å². The van der Waals surface area contributed by atoms with Gasteiger partial charge in [0.15, 0.2) is 4.90 Å². The molecule has 1 saturated carbocycles. The van der Waals surface area contributed by atoms with Crippen LogP contribution in [0, 0.1) is 23.4 Å². The van der Waals surface area contributed by atoms with Gasteiger partial charge in [0, 0.05) is 30.9 Å². The van der Waals surface area contributed by atoms with Crippen LogP contribution >= 0.6 is 11.6 Å². The second-order valence-corrected chi connectivity index (χ2v) is 12.1. The molecule has 38 heavy (non-hydrogen) atoms. The lowest BCUT2D eigenvalue weighted by Gasteiger charge is -2.37. The summed E-state index contributed by atoms with van der Waals surface area (Å²) in [5, 5.41) is -0.0915. The first-order valence-corrected chi connectivity index (χ1v) is 14.4. The second-order valence-electron chi connectivity index (χ2n) is 10.1. The van der Waals surface area contributed by atoms with Crippen LogP contribution in [-0.4, -0.2) is 59.1 Å². The first-order chi connectivity index (χ1) is 18.0. The van der Waals surface area contributed by atoms with Gasteiger partial charge in [0.25, 0.3) is 15.9 Å².